The molecule has 0 bridgehead atoms. The summed E-state index contributed by atoms with van der Waals surface area (Å²) in [7, 11) is 1.47. The molecule has 0 spiro atoms. The fraction of sp³-hybridized carbons (Fsp3) is 0.111. The lowest BCUT2D eigenvalue weighted by Gasteiger charge is -1.96. The van der Waals surface area contributed by atoms with Crippen LogP contribution in [0.4, 0.5) is 0 Å². The van der Waals surface area contributed by atoms with Crippen LogP contribution in [0.3, 0.4) is 0 Å². The minimum Gasteiger partial charge on any atom is -0.208 e. The Labute approximate surface area is 82.3 Å². The first kappa shape index (κ1) is 10.3. The van der Waals surface area contributed by atoms with Crippen molar-refractivity contribution in [1.82, 2.24) is 0 Å². The van der Waals surface area contributed by atoms with Crippen LogP contribution in [0, 0.1) is 6.92 Å². The molecule has 2 nitrogen and oxygen atoms in total. The number of hydrogen-bond donors (Lipinski definition) is 0. The van der Waals surface area contributed by atoms with Gasteiger partial charge >= 0.3 is 0 Å². The summed E-state index contributed by atoms with van der Waals surface area (Å²) < 4.78 is 21.2. The highest BCUT2D eigenvalue weighted by Crippen LogP contribution is 2.10. The Kier molecular flexibility index (Phi) is 3.12. The van der Waals surface area contributed by atoms with Gasteiger partial charge in [0.25, 0.3) is 9.05 Å². The number of aryl methyl sites for hydroxylation is 1. The molecule has 0 aromatic heterocycles. The van der Waals surface area contributed by atoms with Crippen LogP contribution in [-0.4, -0.2) is 8.42 Å². The van der Waals surface area contributed by atoms with E-state index in [4.69, 9.17) is 10.7 Å². The maximum absolute atomic E-state index is 10.6. The smallest absolute Gasteiger partial charge is 0.208 e. The Balaban J connectivity index is 3.00. The molecule has 0 aliphatic rings. The van der Waals surface area contributed by atoms with E-state index in [9.17, 15) is 8.42 Å². The van der Waals surface area contributed by atoms with Gasteiger partial charge in [0.1, 0.15) is 0 Å². The summed E-state index contributed by atoms with van der Waals surface area (Å²) in [5.74, 6) is 0. The highest BCUT2D eigenvalue weighted by Gasteiger charge is 1.97. The van der Waals surface area contributed by atoms with Crippen LogP contribution in [0.1, 0.15) is 11.1 Å². The molecule has 0 unspecified atom stereocenters. The fourth-order valence-electron chi connectivity index (χ4n) is 0.928. The van der Waals surface area contributed by atoms with E-state index in [1.807, 2.05) is 31.2 Å². The second kappa shape index (κ2) is 3.94. The Bertz CT molecular complexity index is 421. The second-order valence-corrected chi connectivity index (χ2v) is 5.15. The van der Waals surface area contributed by atoms with E-state index in [2.05, 4.69) is 0 Å². The number of benzene rings is 1. The molecule has 0 heterocycles. The molecule has 0 radical (unpaired) electrons. The van der Waals surface area contributed by atoms with Crippen molar-refractivity contribution in [2.45, 2.75) is 6.92 Å². The molecule has 1 aromatic rings. The minimum absolute atomic E-state index is 0.853. The van der Waals surface area contributed by atoms with Crippen LogP contribution in [0.15, 0.2) is 29.7 Å². The molecule has 0 aliphatic carbocycles. The van der Waals surface area contributed by atoms with Gasteiger partial charge in [-0.15, -0.1) is 0 Å². The molecule has 0 amide bonds. The molecular formula is C9H9ClO2S. The quantitative estimate of drug-likeness (QED) is 0.712. The standard InChI is InChI=1S/C9H9ClO2S/c1-8-4-2-3-5-9(8)6-7-13(10,11)12/h2-7H,1H3/b7-6+. The summed E-state index contributed by atoms with van der Waals surface area (Å²) in [6.45, 7) is 1.90. The predicted molar refractivity (Wildman–Crippen MR) is 55.0 cm³/mol. The van der Waals surface area contributed by atoms with Gasteiger partial charge in [-0.1, -0.05) is 24.3 Å². The highest BCUT2D eigenvalue weighted by atomic mass is 35.7. The lowest BCUT2D eigenvalue weighted by Crippen LogP contribution is -1.82. The van der Waals surface area contributed by atoms with Crippen molar-refractivity contribution in [2.24, 2.45) is 0 Å². The first-order chi connectivity index (χ1) is 5.99. The third kappa shape index (κ3) is 3.61. The van der Waals surface area contributed by atoms with Crippen LogP contribution in [-0.2, 0) is 9.05 Å². The van der Waals surface area contributed by atoms with Gasteiger partial charge in [0, 0.05) is 16.1 Å². The molecule has 0 saturated heterocycles. The molecule has 0 N–H and O–H groups in total. The summed E-state index contributed by atoms with van der Waals surface area (Å²) in [5, 5.41) is 0.983. The second-order valence-electron chi connectivity index (χ2n) is 2.63. The first-order valence-electron chi connectivity index (χ1n) is 3.67. The van der Waals surface area contributed by atoms with Crippen molar-refractivity contribution in [2.75, 3.05) is 0 Å². The minimum atomic E-state index is -3.55. The SMILES string of the molecule is Cc1ccccc1/C=C/S(=O)(=O)Cl. The summed E-state index contributed by atoms with van der Waals surface area (Å²) in [4.78, 5) is 0. The molecule has 1 aromatic carbocycles. The van der Waals surface area contributed by atoms with E-state index in [1.54, 1.807) is 0 Å². The molecular weight excluding hydrogens is 208 g/mol. The molecule has 4 heteroatoms. The van der Waals surface area contributed by atoms with Gasteiger partial charge in [-0.05, 0) is 24.1 Å². The van der Waals surface area contributed by atoms with Crippen molar-refractivity contribution in [3.8, 4) is 0 Å². The van der Waals surface area contributed by atoms with E-state index >= 15 is 0 Å². The lowest BCUT2D eigenvalue weighted by molar-refractivity contribution is 0.617. The van der Waals surface area contributed by atoms with Gasteiger partial charge in [-0.3, -0.25) is 0 Å². The lowest BCUT2D eigenvalue weighted by atomic mass is 10.1. The van der Waals surface area contributed by atoms with Crippen molar-refractivity contribution in [3.63, 3.8) is 0 Å². The van der Waals surface area contributed by atoms with E-state index < -0.39 is 9.05 Å². The van der Waals surface area contributed by atoms with Crippen LogP contribution < -0.4 is 0 Å². The van der Waals surface area contributed by atoms with Crippen LogP contribution >= 0.6 is 10.7 Å². The summed E-state index contributed by atoms with van der Waals surface area (Å²) in [6, 6.07) is 7.46. The van der Waals surface area contributed by atoms with Crippen molar-refractivity contribution in [1.29, 1.82) is 0 Å². The molecule has 1 rings (SSSR count). The van der Waals surface area contributed by atoms with Crippen molar-refractivity contribution < 1.29 is 8.42 Å². The maximum Gasteiger partial charge on any atom is 0.254 e. The van der Waals surface area contributed by atoms with E-state index in [0.29, 0.717) is 0 Å². The molecule has 0 aliphatic heterocycles. The van der Waals surface area contributed by atoms with E-state index in [0.717, 1.165) is 16.5 Å². The number of halogens is 1. The zero-order chi connectivity index (χ0) is 9.90. The molecule has 13 heavy (non-hydrogen) atoms. The van der Waals surface area contributed by atoms with Crippen molar-refractivity contribution >= 4 is 25.8 Å². The predicted octanol–water partition coefficient (Wildman–Crippen LogP) is 2.53. The average Bonchev–Trinajstić information content (AvgIpc) is 2.01. The third-order valence-electron chi connectivity index (χ3n) is 1.60. The molecule has 0 fully saturated rings. The van der Waals surface area contributed by atoms with Crippen LogP contribution in [0.25, 0.3) is 6.08 Å². The molecule has 0 saturated carbocycles. The largest absolute Gasteiger partial charge is 0.254 e. The van der Waals surface area contributed by atoms with Gasteiger partial charge in [0.2, 0.25) is 0 Å². The summed E-state index contributed by atoms with van der Waals surface area (Å²) in [5.41, 5.74) is 1.87. The highest BCUT2D eigenvalue weighted by molar-refractivity contribution is 8.16. The van der Waals surface area contributed by atoms with Gasteiger partial charge < -0.3 is 0 Å². The maximum atomic E-state index is 10.6. The van der Waals surface area contributed by atoms with Gasteiger partial charge in [-0.25, -0.2) is 8.42 Å². The number of hydrogen-bond acceptors (Lipinski definition) is 2. The molecule has 0 atom stereocenters. The monoisotopic (exact) mass is 216 g/mol. The Morgan fingerprint density at radius 1 is 1.31 bits per heavy atom. The first-order valence-corrected chi connectivity index (χ1v) is 6.05. The van der Waals surface area contributed by atoms with Crippen LogP contribution in [0.5, 0.6) is 0 Å². The zero-order valence-electron chi connectivity index (χ0n) is 7.07. The molecule has 70 valence electrons. The van der Waals surface area contributed by atoms with Gasteiger partial charge in [0.15, 0.2) is 0 Å². The van der Waals surface area contributed by atoms with Crippen molar-refractivity contribution in [3.05, 3.63) is 40.8 Å². The van der Waals surface area contributed by atoms with Gasteiger partial charge in [-0.2, -0.15) is 0 Å². The van der Waals surface area contributed by atoms with E-state index in [1.165, 1.54) is 6.08 Å². The third-order valence-corrected chi connectivity index (χ3v) is 2.37. The zero-order valence-corrected chi connectivity index (χ0v) is 8.64. The number of rotatable bonds is 2. The topological polar surface area (TPSA) is 34.1 Å². The summed E-state index contributed by atoms with van der Waals surface area (Å²) >= 11 is 0. The fourth-order valence-corrected chi connectivity index (χ4v) is 1.39. The van der Waals surface area contributed by atoms with Gasteiger partial charge in [0.05, 0.1) is 0 Å². The Morgan fingerprint density at radius 2 is 1.92 bits per heavy atom. The Morgan fingerprint density at radius 3 is 2.46 bits per heavy atom. The van der Waals surface area contributed by atoms with E-state index in [-0.39, 0.29) is 0 Å². The normalized spacial score (nSPS) is 12.2. The average molecular weight is 217 g/mol. The Hall–Kier alpha value is -0.800. The van der Waals surface area contributed by atoms with Crippen LogP contribution in [0.2, 0.25) is 0 Å². The summed E-state index contributed by atoms with van der Waals surface area (Å²) in [6.07, 6.45) is 1.48.